The lowest BCUT2D eigenvalue weighted by molar-refractivity contribution is -0.121. The van der Waals surface area contributed by atoms with Gasteiger partial charge >= 0.3 is 0 Å². The van der Waals surface area contributed by atoms with E-state index in [4.69, 9.17) is 0 Å². The van der Waals surface area contributed by atoms with E-state index in [1.54, 1.807) is 19.3 Å². The maximum absolute atomic E-state index is 12.0. The molecule has 98 valence electrons. The number of carbonyl (C=O) groups is 2. The Morgan fingerprint density at radius 2 is 2.17 bits per heavy atom. The molecule has 1 aromatic rings. The first-order chi connectivity index (χ1) is 8.54. The first-order valence-electron chi connectivity index (χ1n) is 5.67. The molecule has 1 aromatic heterocycles. The van der Waals surface area contributed by atoms with E-state index in [9.17, 15) is 9.59 Å². The average Bonchev–Trinajstić information content (AvgIpc) is 2.35. The van der Waals surface area contributed by atoms with Crippen LogP contribution in [0.1, 0.15) is 23.7 Å². The van der Waals surface area contributed by atoms with E-state index in [1.807, 2.05) is 6.92 Å². The van der Waals surface area contributed by atoms with E-state index in [0.29, 0.717) is 12.1 Å². The lowest BCUT2D eigenvalue weighted by Crippen LogP contribution is -2.38. The second-order valence-corrected chi connectivity index (χ2v) is 4.82. The molecule has 0 saturated heterocycles. The van der Waals surface area contributed by atoms with Crippen molar-refractivity contribution < 1.29 is 9.59 Å². The Kier molecular flexibility index (Phi) is 5.77. The Balaban J connectivity index is 2.59. The van der Waals surface area contributed by atoms with Gasteiger partial charge in [0.15, 0.2) is 0 Å². The first-order valence-corrected chi connectivity index (χ1v) is 6.46. The van der Waals surface area contributed by atoms with E-state index < -0.39 is 0 Å². The van der Waals surface area contributed by atoms with Crippen molar-refractivity contribution >= 4 is 27.7 Å². The smallest absolute Gasteiger partial charge is 0.255 e. The number of halogens is 1. The summed E-state index contributed by atoms with van der Waals surface area (Å²) in [4.78, 5) is 28.8. The molecule has 0 aliphatic heterocycles. The Bertz CT molecular complexity index is 437. The minimum Gasteiger partial charge on any atom is -0.355 e. The number of nitrogens with zero attached hydrogens (tertiary/aromatic N) is 2. The highest BCUT2D eigenvalue weighted by molar-refractivity contribution is 9.10. The predicted octanol–water partition coefficient (Wildman–Crippen LogP) is 1.44. The van der Waals surface area contributed by atoms with E-state index in [2.05, 4.69) is 26.2 Å². The van der Waals surface area contributed by atoms with Gasteiger partial charge in [0.05, 0.1) is 12.1 Å². The van der Waals surface area contributed by atoms with Crippen LogP contribution >= 0.6 is 15.9 Å². The van der Waals surface area contributed by atoms with Crippen molar-refractivity contribution in [3.63, 3.8) is 0 Å². The van der Waals surface area contributed by atoms with Crippen molar-refractivity contribution in [3.8, 4) is 0 Å². The van der Waals surface area contributed by atoms with Crippen LogP contribution in [0.5, 0.6) is 0 Å². The number of aromatic nitrogens is 1. The zero-order chi connectivity index (χ0) is 13.5. The summed E-state index contributed by atoms with van der Waals surface area (Å²) in [6.45, 7) is 2.65. The van der Waals surface area contributed by atoms with Gasteiger partial charge in [0, 0.05) is 30.5 Å². The number of pyridine rings is 1. The molecule has 0 radical (unpaired) electrons. The molecule has 6 heteroatoms. The molecule has 0 bridgehead atoms. The molecular weight excluding hydrogens is 298 g/mol. The van der Waals surface area contributed by atoms with Gasteiger partial charge in [-0.05, 0) is 28.4 Å². The van der Waals surface area contributed by atoms with Crippen LogP contribution in [0.4, 0.5) is 0 Å². The fourth-order valence-corrected chi connectivity index (χ4v) is 1.72. The van der Waals surface area contributed by atoms with Gasteiger partial charge in [-0.15, -0.1) is 0 Å². The second-order valence-electron chi connectivity index (χ2n) is 3.90. The highest BCUT2D eigenvalue weighted by Gasteiger charge is 2.15. The lowest BCUT2D eigenvalue weighted by Gasteiger charge is -2.16. The molecule has 1 heterocycles. The molecule has 0 atom stereocenters. The molecule has 0 saturated carbocycles. The van der Waals surface area contributed by atoms with Crippen LogP contribution in [-0.2, 0) is 4.79 Å². The highest BCUT2D eigenvalue weighted by Crippen LogP contribution is 2.10. The summed E-state index contributed by atoms with van der Waals surface area (Å²) in [6.07, 6.45) is 3.96. The highest BCUT2D eigenvalue weighted by atomic mass is 79.9. The normalized spacial score (nSPS) is 9.94. The topological polar surface area (TPSA) is 62.3 Å². The number of carbonyl (C=O) groups excluding carboxylic acids is 2. The fraction of sp³-hybridized carbons (Fsp3) is 0.417. The van der Waals surface area contributed by atoms with E-state index in [0.717, 1.165) is 10.9 Å². The fourth-order valence-electron chi connectivity index (χ4n) is 1.36. The summed E-state index contributed by atoms with van der Waals surface area (Å²) >= 11 is 3.25. The summed E-state index contributed by atoms with van der Waals surface area (Å²) in [5.74, 6) is -0.383. The van der Waals surface area contributed by atoms with Crippen molar-refractivity contribution in [2.24, 2.45) is 0 Å². The van der Waals surface area contributed by atoms with Crippen LogP contribution in [0.15, 0.2) is 22.9 Å². The third kappa shape index (κ3) is 4.44. The van der Waals surface area contributed by atoms with Crippen LogP contribution in [0.2, 0.25) is 0 Å². The standard InChI is InChI=1S/C12H16BrN3O2/c1-3-4-15-11(17)8-16(2)12(18)9-5-10(13)7-14-6-9/h5-7H,3-4,8H2,1-2H3,(H,15,17). The minimum atomic E-state index is -0.226. The largest absolute Gasteiger partial charge is 0.355 e. The van der Waals surface area contributed by atoms with Crippen molar-refractivity contribution in [1.82, 2.24) is 15.2 Å². The third-order valence-corrected chi connectivity index (χ3v) is 2.69. The van der Waals surface area contributed by atoms with Crippen LogP contribution in [0.25, 0.3) is 0 Å². The summed E-state index contributed by atoms with van der Waals surface area (Å²) in [5.41, 5.74) is 0.454. The van der Waals surface area contributed by atoms with Gasteiger partial charge in [-0.3, -0.25) is 14.6 Å². The maximum Gasteiger partial charge on any atom is 0.255 e. The van der Waals surface area contributed by atoms with Crippen LogP contribution in [-0.4, -0.2) is 41.8 Å². The van der Waals surface area contributed by atoms with Gasteiger partial charge in [-0.2, -0.15) is 0 Å². The number of likely N-dealkylation sites (N-methyl/N-ethyl adjacent to an activating group) is 1. The molecule has 2 amide bonds. The Morgan fingerprint density at radius 3 is 2.78 bits per heavy atom. The molecule has 1 N–H and O–H groups in total. The Hall–Kier alpha value is -1.43. The van der Waals surface area contributed by atoms with Crippen molar-refractivity contribution in [2.75, 3.05) is 20.1 Å². The van der Waals surface area contributed by atoms with Crippen molar-refractivity contribution in [3.05, 3.63) is 28.5 Å². The van der Waals surface area contributed by atoms with Gasteiger partial charge < -0.3 is 10.2 Å². The molecule has 0 spiro atoms. The molecule has 0 fully saturated rings. The number of nitrogens with one attached hydrogen (secondary N) is 1. The molecular formula is C12H16BrN3O2. The van der Waals surface area contributed by atoms with Crippen molar-refractivity contribution in [1.29, 1.82) is 0 Å². The van der Waals surface area contributed by atoms with Crippen LogP contribution in [0.3, 0.4) is 0 Å². The molecule has 5 nitrogen and oxygen atoms in total. The van der Waals surface area contributed by atoms with Gasteiger partial charge in [0.1, 0.15) is 0 Å². The summed E-state index contributed by atoms with van der Waals surface area (Å²) < 4.78 is 0.734. The van der Waals surface area contributed by atoms with E-state index in [1.165, 1.54) is 11.1 Å². The number of amides is 2. The summed E-state index contributed by atoms with van der Waals surface area (Å²) in [7, 11) is 1.59. The third-order valence-electron chi connectivity index (χ3n) is 2.25. The van der Waals surface area contributed by atoms with Gasteiger partial charge in [0.2, 0.25) is 5.91 Å². The van der Waals surface area contributed by atoms with E-state index in [-0.39, 0.29) is 18.4 Å². The Labute approximate surface area is 115 Å². The number of hydrogen-bond acceptors (Lipinski definition) is 3. The SMILES string of the molecule is CCCNC(=O)CN(C)C(=O)c1cncc(Br)c1. The van der Waals surface area contributed by atoms with Crippen LogP contribution in [0, 0.1) is 0 Å². The van der Waals surface area contributed by atoms with Crippen LogP contribution < -0.4 is 5.32 Å². The predicted molar refractivity (Wildman–Crippen MR) is 72.2 cm³/mol. The zero-order valence-corrected chi connectivity index (χ0v) is 12.0. The summed E-state index contributed by atoms with van der Waals surface area (Å²) in [5, 5.41) is 2.72. The first kappa shape index (κ1) is 14.6. The molecule has 0 aromatic carbocycles. The Morgan fingerprint density at radius 1 is 1.44 bits per heavy atom. The summed E-state index contributed by atoms with van der Waals surface area (Å²) in [6, 6.07) is 1.68. The minimum absolute atomic E-state index is 0.0470. The zero-order valence-electron chi connectivity index (χ0n) is 10.4. The molecule has 0 aliphatic rings. The molecule has 0 aliphatic carbocycles. The van der Waals surface area contributed by atoms with Crippen molar-refractivity contribution in [2.45, 2.75) is 13.3 Å². The second kappa shape index (κ2) is 7.10. The molecule has 1 rings (SSSR count). The van der Waals surface area contributed by atoms with Gasteiger partial charge in [-0.25, -0.2) is 0 Å². The molecule has 18 heavy (non-hydrogen) atoms. The number of hydrogen-bond donors (Lipinski definition) is 1. The number of rotatable bonds is 5. The molecule has 0 unspecified atom stereocenters. The lowest BCUT2D eigenvalue weighted by atomic mass is 10.2. The quantitative estimate of drug-likeness (QED) is 0.894. The average molecular weight is 314 g/mol. The van der Waals surface area contributed by atoms with Gasteiger partial charge in [0.25, 0.3) is 5.91 Å². The maximum atomic E-state index is 12.0. The monoisotopic (exact) mass is 313 g/mol. The van der Waals surface area contributed by atoms with E-state index >= 15 is 0 Å². The van der Waals surface area contributed by atoms with Gasteiger partial charge in [-0.1, -0.05) is 6.92 Å².